The molecule has 0 fully saturated rings. The van der Waals surface area contributed by atoms with Gasteiger partial charge in [-0.3, -0.25) is 14.7 Å². The third kappa shape index (κ3) is 6.05. The van der Waals surface area contributed by atoms with Gasteiger partial charge >= 0.3 is 6.09 Å². The highest BCUT2D eigenvalue weighted by molar-refractivity contribution is 5.85. The summed E-state index contributed by atoms with van der Waals surface area (Å²) in [5, 5.41) is 19.5. The molecule has 7 heteroatoms. The van der Waals surface area contributed by atoms with E-state index < -0.39 is 12.1 Å². The van der Waals surface area contributed by atoms with Gasteiger partial charge in [0.05, 0.1) is 0 Å². The molecule has 0 saturated carbocycles. The second kappa shape index (κ2) is 10.2. The van der Waals surface area contributed by atoms with Crippen molar-refractivity contribution in [3.8, 4) is 5.75 Å². The van der Waals surface area contributed by atoms with Gasteiger partial charge in [0.15, 0.2) is 0 Å². The predicted octanol–water partition coefficient (Wildman–Crippen LogP) is 3.54. The van der Waals surface area contributed by atoms with E-state index in [9.17, 15) is 19.8 Å². The molecule has 2 N–H and O–H groups in total. The summed E-state index contributed by atoms with van der Waals surface area (Å²) in [4.78, 5) is 32.3. The predicted molar refractivity (Wildman–Crippen MR) is 116 cm³/mol. The third-order valence-corrected chi connectivity index (χ3v) is 5.01. The van der Waals surface area contributed by atoms with Crippen LogP contribution in [0.1, 0.15) is 16.7 Å². The first-order valence-electron chi connectivity index (χ1n) is 9.89. The van der Waals surface area contributed by atoms with E-state index in [-0.39, 0.29) is 24.6 Å². The zero-order valence-electron chi connectivity index (χ0n) is 17.3. The van der Waals surface area contributed by atoms with Crippen LogP contribution in [-0.4, -0.2) is 50.1 Å². The summed E-state index contributed by atoms with van der Waals surface area (Å²) in [6.07, 6.45) is 2.19. The Bertz CT molecular complexity index is 994. The van der Waals surface area contributed by atoms with Crippen molar-refractivity contribution in [2.75, 3.05) is 7.05 Å². The van der Waals surface area contributed by atoms with Gasteiger partial charge in [0.25, 0.3) is 0 Å². The minimum absolute atomic E-state index is 0.0610. The monoisotopic (exact) mass is 419 g/mol. The molecule has 0 unspecified atom stereocenters. The Morgan fingerprint density at radius 2 is 1.48 bits per heavy atom. The molecule has 3 rings (SSSR count). The number of hydrogen-bond acceptors (Lipinski definition) is 4. The Kier molecular flexibility index (Phi) is 7.22. The van der Waals surface area contributed by atoms with Crippen LogP contribution >= 0.6 is 0 Å². The van der Waals surface area contributed by atoms with Gasteiger partial charge in [-0.25, -0.2) is 4.79 Å². The average Bonchev–Trinajstić information content (AvgIpc) is 2.78. The summed E-state index contributed by atoms with van der Waals surface area (Å²) in [6, 6.07) is 18.5. The normalized spacial score (nSPS) is 11.5. The number of aromatic hydroxyl groups is 1. The van der Waals surface area contributed by atoms with Crippen molar-refractivity contribution in [1.29, 1.82) is 0 Å². The van der Waals surface area contributed by atoms with E-state index in [1.807, 2.05) is 30.3 Å². The zero-order chi connectivity index (χ0) is 22.2. The van der Waals surface area contributed by atoms with Crippen molar-refractivity contribution >= 4 is 12.0 Å². The molecule has 0 aliphatic heterocycles. The van der Waals surface area contributed by atoms with Crippen LogP contribution < -0.4 is 0 Å². The Morgan fingerprint density at radius 3 is 2.10 bits per heavy atom. The number of hydrogen-bond donors (Lipinski definition) is 2. The van der Waals surface area contributed by atoms with Gasteiger partial charge in [0.1, 0.15) is 11.8 Å². The molecule has 2 amide bonds. The fraction of sp³-hybridized carbons (Fsp3) is 0.208. The maximum absolute atomic E-state index is 13.4. The van der Waals surface area contributed by atoms with E-state index in [2.05, 4.69) is 4.98 Å². The minimum Gasteiger partial charge on any atom is -0.508 e. The first-order valence-corrected chi connectivity index (χ1v) is 9.89. The number of aromatic nitrogens is 1. The van der Waals surface area contributed by atoms with Crippen LogP contribution in [0.3, 0.4) is 0 Å². The summed E-state index contributed by atoms with van der Waals surface area (Å²) < 4.78 is 0. The van der Waals surface area contributed by atoms with Gasteiger partial charge in [-0.15, -0.1) is 0 Å². The minimum atomic E-state index is -1.18. The molecule has 3 aromatic rings. The molecule has 2 aromatic carbocycles. The van der Waals surface area contributed by atoms with Crippen molar-refractivity contribution in [3.63, 3.8) is 0 Å². The van der Waals surface area contributed by atoms with E-state index in [0.717, 1.165) is 21.6 Å². The number of carbonyl (C=O) groups excluding carboxylic acids is 1. The van der Waals surface area contributed by atoms with Crippen LogP contribution in [0.2, 0.25) is 0 Å². The number of benzene rings is 2. The molecule has 0 radical (unpaired) electrons. The van der Waals surface area contributed by atoms with Gasteiger partial charge < -0.3 is 15.1 Å². The quantitative estimate of drug-likeness (QED) is 0.583. The molecule has 0 saturated heterocycles. The first-order chi connectivity index (χ1) is 14.9. The molecule has 1 aromatic heterocycles. The number of carboxylic acid groups (broad SMARTS) is 1. The lowest BCUT2D eigenvalue weighted by molar-refractivity contribution is -0.135. The second-order valence-corrected chi connectivity index (χ2v) is 7.33. The summed E-state index contributed by atoms with van der Waals surface area (Å²) in [7, 11) is 1.67. The maximum atomic E-state index is 13.4. The Morgan fingerprint density at radius 1 is 0.871 bits per heavy atom. The molecule has 1 heterocycles. The summed E-state index contributed by atoms with van der Waals surface area (Å²) in [6.45, 7) is 0.431. The molecule has 31 heavy (non-hydrogen) atoms. The summed E-state index contributed by atoms with van der Waals surface area (Å²) in [5.41, 5.74) is 2.45. The highest BCUT2D eigenvalue weighted by Crippen LogP contribution is 2.18. The summed E-state index contributed by atoms with van der Waals surface area (Å²) >= 11 is 0. The third-order valence-electron chi connectivity index (χ3n) is 5.01. The number of rotatable bonds is 8. The lowest BCUT2D eigenvalue weighted by Gasteiger charge is -2.32. The number of phenolic OH excluding ortho intramolecular Hbond substituents is 1. The average molecular weight is 419 g/mol. The van der Waals surface area contributed by atoms with Gasteiger partial charge in [0, 0.05) is 39.0 Å². The molecular formula is C24H25N3O4. The van der Waals surface area contributed by atoms with E-state index in [1.54, 1.807) is 48.6 Å². The summed E-state index contributed by atoms with van der Waals surface area (Å²) in [5.74, 6) is -0.187. The maximum Gasteiger partial charge on any atom is 0.408 e. The van der Waals surface area contributed by atoms with Crippen LogP contribution in [0, 0.1) is 0 Å². The molecule has 0 bridgehead atoms. The smallest absolute Gasteiger partial charge is 0.408 e. The molecule has 0 spiro atoms. The number of likely N-dealkylation sites (N-methyl/N-ethyl adjacent to an activating group) is 1. The highest BCUT2D eigenvalue weighted by atomic mass is 16.4. The number of amides is 2. The van der Waals surface area contributed by atoms with E-state index in [4.69, 9.17) is 0 Å². The number of phenols is 1. The standard InChI is InChI=1S/C24H25N3O4/c1-26(16-19-5-3-2-4-6-19)23(29)22(15-18-7-9-21(28)10-8-18)27(24(30)31)17-20-11-13-25-14-12-20/h2-14,22,28H,15-17H2,1H3,(H,30,31)/t22-/m0/s1. The molecule has 1 atom stereocenters. The fourth-order valence-corrected chi connectivity index (χ4v) is 3.37. The second-order valence-electron chi connectivity index (χ2n) is 7.33. The van der Waals surface area contributed by atoms with Crippen molar-refractivity contribution < 1.29 is 19.8 Å². The SMILES string of the molecule is CN(Cc1ccccc1)C(=O)[C@H](Cc1ccc(O)cc1)N(Cc1ccncc1)C(=O)O. The largest absolute Gasteiger partial charge is 0.508 e. The zero-order valence-corrected chi connectivity index (χ0v) is 17.3. The Hall–Kier alpha value is -3.87. The number of nitrogens with zero attached hydrogens (tertiary/aromatic N) is 3. The Labute approximate surface area is 181 Å². The van der Waals surface area contributed by atoms with E-state index in [0.29, 0.717) is 6.54 Å². The molecule has 0 aliphatic carbocycles. The van der Waals surface area contributed by atoms with Crippen LogP contribution in [0.25, 0.3) is 0 Å². The molecule has 7 nitrogen and oxygen atoms in total. The first kappa shape index (κ1) is 21.8. The van der Waals surface area contributed by atoms with Crippen molar-refractivity contribution in [2.24, 2.45) is 0 Å². The van der Waals surface area contributed by atoms with Crippen molar-refractivity contribution in [1.82, 2.24) is 14.8 Å². The molecule has 160 valence electrons. The van der Waals surface area contributed by atoms with E-state index in [1.165, 1.54) is 12.1 Å². The highest BCUT2D eigenvalue weighted by Gasteiger charge is 2.32. The van der Waals surface area contributed by atoms with Gasteiger partial charge in [-0.05, 0) is 41.0 Å². The van der Waals surface area contributed by atoms with E-state index >= 15 is 0 Å². The lowest BCUT2D eigenvalue weighted by Crippen LogP contribution is -2.50. The van der Waals surface area contributed by atoms with Gasteiger partial charge in [0.2, 0.25) is 5.91 Å². The van der Waals surface area contributed by atoms with Crippen molar-refractivity contribution in [2.45, 2.75) is 25.6 Å². The van der Waals surface area contributed by atoms with Crippen molar-refractivity contribution in [3.05, 3.63) is 95.8 Å². The van der Waals surface area contributed by atoms with Crippen LogP contribution in [0.5, 0.6) is 5.75 Å². The van der Waals surface area contributed by atoms with Gasteiger partial charge in [-0.1, -0.05) is 42.5 Å². The van der Waals surface area contributed by atoms with Crippen LogP contribution in [0.15, 0.2) is 79.1 Å². The number of carbonyl (C=O) groups is 2. The Balaban J connectivity index is 1.88. The van der Waals surface area contributed by atoms with Crippen LogP contribution in [-0.2, 0) is 24.3 Å². The number of pyridine rings is 1. The fourth-order valence-electron chi connectivity index (χ4n) is 3.37. The topological polar surface area (TPSA) is 94.0 Å². The lowest BCUT2D eigenvalue weighted by atomic mass is 10.0. The van der Waals surface area contributed by atoms with Crippen LogP contribution in [0.4, 0.5) is 4.79 Å². The molecular weight excluding hydrogens is 394 g/mol. The van der Waals surface area contributed by atoms with Gasteiger partial charge in [-0.2, -0.15) is 0 Å². The molecule has 0 aliphatic rings.